The number of benzene rings is 1. The molecule has 0 aliphatic carbocycles. The Bertz CT molecular complexity index is 517. The van der Waals surface area contributed by atoms with E-state index in [0.29, 0.717) is 6.54 Å². The molecule has 0 saturated heterocycles. The molecule has 18 heavy (non-hydrogen) atoms. The van der Waals surface area contributed by atoms with Gasteiger partial charge in [-0.2, -0.15) is 0 Å². The molecule has 3 N–H and O–H groups in total. The number of anilines is 2. The van der Waals surface area contributed by atoms with Crippen LogP contribution in [0.5, 0.6) is 0 Å². The van der Waals surface area contributed by atoms with Gasteiger partial charge in [-0.3, -0.25) is 0 Å². The van der Waals surface area contributed by atoms with E-state index < -0.39 is 0 Å². The fourth-order valence-corrected chi connectivity index (χ4v) is 2.39. The van der Waals surface area contributed by atoms with Gasteiger partial charge in [-0.1, -0.05) is 10.6 Å². The summed E-state index contributed by atoms with van der Waals surface area (Å²) < 4.78 is 3.90. The van der Waals surface area contributed by atoms with Gasteiger partial charge < -0.3 is 10.3 Å². The zero-order chi connectivity index (χ0) is 13.1. The van der Waals surface area contributed by atoms with Crippen LogP contribution in [0.3, 0.4) is 0 Å². The fourth-order valence-electron chi connectivity index (χ4n) is 1.91. The first-order valence-corrected chi connectivity index (χ1v) is 6.45. The van der Waals surface area contributed by atoms with Gasteiger partial charge in [0.05, 0.1) is 6.54 Å². The summed E-state index contributed by atoms with van der Waals surface area (Å²) in [5.41, 5.74) is 7.17. The van der Waals surface area contributed by atoms with Gasteiger partial charge in [0.1, 0.15) is 10.7 Å². The summed E-state index contributed by atoms with van der Waals surface area (Å²) in [4.78, 5) is 2.14. The summed E-state index contributed by atoms with van der Waals surface area (Å²) in [6, 6.07) is 6.47. The second kappa shape index (κ2) is 5.32. The molecule has 0 fully saturated rings. The summed E-state index contributed by atoms with van der Waals surface area (Å²) in [6.07, 6.45) is 0. The molecule has 6 heteroatoms. The Morgan fingerprint density at radius 3 is 2.56 bits per heavy atom. The average molecular weight is 263 g/mol. The molecule has 2 aromatic rings. The van der Waals surface area contributed by atoms with Crippen LogP contribution in [0, 0.1) is 13.8 Å². The van der Waals surface area contributed by atoms with Crippen LogP contribution in [0.1, 0.15) is 16.8 Å². The third-order valence-electron chi connectivity index (χ3n) is 2.72. The topological polar surface area (TPSA) is 67.1 Å². The van der Waals surface area contributed by atoms with Crippen molar-refractivity contribution in [2.75, 3.05) is 17.4 Å². The van der Waals surface area contributed by atoms with E-state index in [1.807, 2.05) is 7.05 Å². The van der Waals surface area contributed by atoms with Gasteiger partial charge >= 0.3 is 0 Å². The van der Waals surface area contributed by atoms with Crippen molar-refractivity contribution in [1.29, 1.82) is 0 Å². The van der Waals surface area contributed by atoms with E-state index in [0.717, 1.165) is 10.7 Å². The largest absolute Gasteiger partial charge is 0.368 e. The minimum atomic E-state index is 0.679. The molecule has 0 bridgehead atoms. The van der Waals surface area contributed by atoms with Crippen LogP contribution < -0.4 is 16.2 Å². The molecule has 1 heterocycles. The first kappa shape index (κ1) is 12.8. The molecule has 0 amide bonds. The molecule has 1 aromatic heterocycles. The minimum absolute atomic E-state index is 0.679. The van der Waals surface area contributed by atoms with Crippen LogP contribution in [0.15, 0.2) is 18.2 Å². The average Bonchev–Trinajstić information content (AvgIpc) is 2.75. The number of nitrogens with zero attached hydrogens (tertiary/aromatic N) is 3. The van der Waals surface area contributed by atoms with Gasteiger partial charge in [0.2, 0.25) is 0 Å². The maximum absolute atomic E-state index is 5.42. The molecular weight excluding hydrogens is 246 g/mol. The van der Waals surface area contributed by atoms with Gasteiger partial charge in [0.15, 0.2) is 0 Å². The second-order valence-electron chi connectivity index (χ2n) is 4.40. The first-order valence-electron chi connectivity index (χ1n) is 5.67. The smallest absolute Gasteiger partial charge is 0.149 e. The van der Waals surface area contributed by atoms with Gasteiger partial charge in [-0.15, -0.1) is 5.10 Å². The standard InChI is InChI=1S/C12H17N5S/c1-8-4-9(2)6-10(5-8)17(3)7-11-12(14-13)18-16-15-11/h4-6,14H,7,13H2,1-3H3. The van der Waals surface area contributed by atoms with Crippen molar-refractivity contribution in [2.45, 2.75) is 20.4 Å². The third kappa shape index (κ3) is 2.77. The Balaban J connectivity index is 2.19. The highest BCUT2D eigenvalue weighted by molar-refractivity contribution is 7.10. The Kier molecular flexibility index (Phi) is 3.78. The summed E-state index contributed by atoms with van der Waals surface area (Å²) in [5, 5.41) is 4.89. The van der Waals surface area contributed by atoms with Crippen molar-refractivity contribution in [3.8, 4) is 0 Å². The lowest BCUT2D eigenvalue weighted by atomic mass is 10.1. The van der Waals surface area contributed by atoms with E-state index in [1.54, 1.807) is 0 Å². The number of aryl methyl sites for hydroxylation is 2. The monoisotopic (exact) mass is 263 g/mol. The van der Waals surface area contributed by atoms with Crippen molar-refractivity contribution in [3.63, 3.8) is 0 Å². The van der Waals surface area contributed by atoms with Crippen molar-refractivity contribution >= 4 is 22.2 Å². The Labute approximate surface area is 111 Å². The summed E-state index contributed by atoms with van der Waals surface area (Å²) in [6.45, 7) is 4.88. The summed E-state index contributed by atoms with van der Waals surface area (Å²) in [7, 11) is 2.04. The van der Waals surface area contributed by atoms with Gasteiger partial charge in [-0.25, -0.2) is 5.84 Å². The number of nitrogens with one attached hydrogen (secondary N) is 1. The van der Waals surface area contributed by atoms with Crippen LogP contribution in [-0.2, 0) is 6.54 Å². The molecule has 0 aliphatic heterocycles. The molecule has 96 valence electrons. The number of hydrazine groups is 1. The van der Waals surface area contributed by atoms with E-state index in [9.17, 15) is 0 Å². The maximum Gasteiger partial charge on any atom is 0.149 e. The Morgan fingerprint density at radius 1 is 1.28 bits per heavy atom. The fraction of sp³-hybridized carbons (Fsp3) is 0.333. The molecular formula is C12H17N5S. The zero-order valence-corrected chi connectivity index (χ0v) is 11.6. The first-order chi connectivity index (χ1) is 8.60. The van der Waals surface area contributed by atoms with Crippen LogP contribution in [0.4, 0.5) is 10.7 Å². The molecule has 2 rings (SSSR count). The molecule has 0 aliphatic rings. The van der Waals surface area contributed by atoms with Crippen LogP contribution in [0.25, 0.3) is 0 Å². The number of rotatable bonds is 4. The number of hydrogen-bond donors (Lipinski definition) is 2. The minimum Gasteiger partial charge on any atom is -0.368 e. The quantitative estimate of drug-likeness (QED) is 0.653. The van der Waals surface area contributed by atoms with Gasteiger partial charge in [0.25, 0.3) is 0 Å². The SMILES string of the molecule is Cc1cc(C)cc(N(C)Cc2nnsc2NN)c1. The van der Waals surface area contributed by atoms with E-state index >= 15 is 0 Å². The van der Waals surface area contributed by atoms with Gasteiger partial charge in [0, 0.05) is 24.3 Å². The van der Waals surface area contributed by atoms with Crippen LogP contribution >= 0.6 is 11.5 Å². The van der Waals surface area contributed by atoms with Crippen LogP contribution in [0.2, 0.25) is 0 Å². The number of aromatic nitrogens is 2. The molecule has 0 radical (unpaired) electrons. The number of hydrogen-bond acceptors (Lipinski definition) is 6. The highest BCUT2D eigenvalue weighted by Crippen LogP contribution is 2.22. The number of nitrogens with two attached hydrogens (primary N) is 1. The lowest BCUT2D eigenvalue weighted by Crippen LogP contribution is -2.18. The molecule has 5 nitrogen and oxygen atoms in total. The van der Waals surface area contributed by atoms with Gasteiger partial charge in [-0.05, 0) is 37.1 Å². The van der Waals surface area contributed by atoms with E-state index in [2.05, 4.69) is 52.0 Å². The maximum atomic E-state index is 5.42. The normalized spacial score (nSPS) is 10.4. The summed E-state index contributed by atoms with van der Waals surface area (Å²) in [5.74, 6) is 5.42. The van der Waals surface area contributed by atoms with Crippen LogP contribution in [-0.4, -0.2) is 16.6 Å². The highest BCUT2D eigenvalue weighted by atomic mass is 32.1. The predicted octanol–water partition coefficient (Wildman–Crippen LogP) is 2.08. The van der Waals surface area contributed by atoms with E-state index in [-0.39, 0.29) is 0 Å². The molecule has 1 aromatic carbocycles. The lowest BCUT2D eigenvalue weighted by molar-refractivity contribution is 0.871. The molecule has 0 atom stereocenters. The molecule has 0 spiro atoms. The Hall–Kier alpha value is -1.66. The van der Waals surface area contributed by atoms with Crippen molar-refractivity contribution in [2.24, 2.45) is 5.84 Å². The second-order valence-corrected chi connectivity index (χ2v) is 5.15. The molecule has 0 unspecified atom stereocenters. The highest BCUT2D eigenvalue weighted by Gasteiger charge is 2.10. The van der Waals surface area contributed by atoms with E-state index in [4.69, 9.17) is 5.84 Å². The van der Waals surface area contributed by atoms with Crippen molar-refractivity contribution in [3.05, 3.63) is 35.0 Å². The van der Waals surface area contributed by atoms with Crippen molar-refractivity contribution in [1.82, 2.24) is 9.59 Å². The zero-order valence-electron chi connectivity index (χ0n) is 10.8. The summed E-state index contributed by atoms with van der Waals surface area (Å²) >= 11 is 1.27. The number of nitrogen functional groups attached to an aromatic ring is 1. The Morgan fingerprint density at radius 2 is 1.94 bits per heavy atom. The third-order valence-corrected chi connectivity index (χ3v) is 3.42. The van der Waals surface area contributed by atoms with Crippen molar-refractivity contribution < 1.29 is 0 Å². The van der Waals surface area contributed by atoms with E-state index in [1.165, 1.54) is 28.3 Å². The lowest BCUT2D eigenvalue weighted by Gasteiger charge is -2.19. The molecule has 0 saturated carbocycles. The predicted molar refractivity (Wildman–Crippen MR) is 75.7 cm³/mol.